The number of aromatic nitrogens is 4. The molecule has 39 heavy (non-hydrogen) atoms. The van der Waals surface area contributed by atoms with Crippen molar-refractivity contribution in [2.45, 2.75) is 84.6 Å². The van der Waals surface area contributed by atoms with Gasteiger partial charge >= 0.3 is 21.1 Å². The second-order valence-electron chi connectivity index (χ2n) is 12.0. The summed E-state index contributed by atoms with van der Waals surface area (Å²) in [4.78, 5) is 19.4. The molecule has 8 heteroatoms. The van der Waals surface area contributed by atoms with Crippen LogP contribution in [0.5, 0.6) is 0 Å². The zero-order valence-corrected chi connectivity index (χ0v) is 26.2. The fourth-order valence-corrected chi connectivity index (χ4v) is 5.94. The van der Waals surface area contributed by atoms with Gasteiger partial charge in [-0.2, -0.15) is 0 Å². The van der Waals surface area contributed by atoms with E-state index >= 15 is 0 Å². The minimum absolute atomic E-state index is 0. The summed E-state index contributed by atoms with van der Waals surface area (Å²) in [6, 6.07) is 12.2. The molecule has 1 N–H and O–H groups in total. The van der Waals surface area contributed by atoms with Gasteiger partial charge < -0.3 is 20.6 Å². The number of pyridine rings is 2. The Bertz CT molecular complexity index is 1330. The number of allylic oxidation sites excluding steroid dienone is 2. The molecule has 1 fully saturated rings. The molecule has 1 saturated carbocycles. The molecule has 0 aliphatic heterocycles. The summed E-state index contributed by atoms with van der Waals surface area (Å²) in [5.74, 6) is 0.455. The van der Waals surface area contributed by atoms with E-state index in [0.717, 1.165) is 22.8 Å². The van der Waals surface area contributed by atoms with Crippen molar-refractivity contribution >= 4 is 5.78 Å². The quantitative estimate of drug-likeness (QED) is 0.221. The maximum absolute atomic E-state index is 10.0. The molecule has 2 aliphatic carbocycles. The first-order valence-electron chi connectivity index (χ1n) is 13.3. The summed E-state index contributed by atoms with van der Waals surface area (Å²) in [5, 5.41) is 22.5. The first-order chi connectivity index (χ1) is 17.9. The van der Waals surface area contributed by atoms with Crippen LogP contribution in [0.2, 0.25) is 0 Å². The van der Waals surface area contributed by atoms with Gasteiger partial charge in [0.1, 0.15) is 0 Å². The van der Waals surface area contributed by atoms with Crippen molar-refractivity contribution in [3.63, 3.8) is 0 Å². The molecule has 3 aromatic heterocycles. The van der Waals surface area contributed by atoms with E-state index in [-0.39, 0.29) is 48.9 Å². The summed E-state index contributed by atoms with van der Waals surface area (Å²) >= 11 is 0. The number of ketones is 1. The molecule has 3 heterocycles. The Balaban J connectivity index is 0.000000468. The van der Waals surface area contributed by atoms with Crippen LogP contribution in [0.25, 0.3) is 16.7 Å². The van der Waals surface area contributed by atoms with Crippen LogP contribution in [0, 0.1) is 5.41 Å². The van der Waals surface area contributed by atoms with Gasteiger partial charge in [-0.3, -0.25) is 14.8 Å². The molecule has 3 aromatic rings. The minimum atomic E-state index is -0.168. The Morgan fingerprint density at radius 2 is 1.92 bits per heavy atom. The Morgan fingerprint density at radius 1 is 1.18 bits per heavy atom. The van der Waals surface area contributed by atoms with E-state index in [1.54, 1.807) is 0 Å². The first kappa shape index (κ1) is 30.9. The number of carbonyl (C=O) groups excluding carboxylic acids is 1. The van der Waals surface area contributed by atoms with E-state index < -0.39 is 0 Å². The molecule has 210 valence electrons. The monoisotopic (exact) mass is 708 g/mol. The fourth-order valence-electron chi connectivity index (χ4n) is 5.94. The number of hydrogen-bond donors (Lipinski definition) is 1. The van der Waals surface area contributed by atoms with Crippen molar-refractivity contribution in [3.8, 4) is 11.4 Å². The molecule has 0 saturated heterocycles. The zero-order valence-electron chi connectivity index (χ0n) is 23.9. The molecule has 7 nitrogen and oxygen atoms in total. The molecule has 0 radical (unpaired) electrons. The largest absolute Gasteiger partial charge is 2.00 e. The maximum Gasteiger partial charge on any atom is 2.00 e. The summed E-state index contributed by atoms with van der Waals surface area (Å²) in [6.45, 7) is 15.7. The second-order valence-corrected chi connectivity index (χ2v) is 12.0. The molecule has 2 unspecified atom stereocenters. The fraction of sp³-hybridized carbons (Fsp3) is 0.484. The van der Waals surface area contributed by atoms with Gasteiger partial charge in [-0.15, -0.1) is 13.1 Å². The van der Waals surface area contributed by atoms with Crippen LogP contribution < -0.4 is 5.10 Å². The predicted octanol–water partition coefficient (Wildman–Crippen LogP) is 6.56. The van der Waals surface area contributed by atoms with E-state index in [1.807, 2.05) is 24.4 Å². The number of carbonyl (C=O) groups is 1. The van der Waals surface area contributed by atoms with Crippen LogP contribution in [0.3, 0.4) is 0 Å². The Hall–Kier alpha value is -2.63. The summed E-state index contributed by atoms with van der Waals surface area (Å²) < 4.78 is 0. The standard InChI is InChI=1S/C26H31N5.C5H8O2.Pt/c1-24(2,16-27-15-17-9-6-7-14-28-17)20-11-8-10-19(29-20)22-21-18-12-13-26(5,25(18,3)4)23(21)31-30-22;1-4(6)3-5(2)7;/h6-11,14,18H,12-13,15-16H2,1-5H3;3,6H,1-2H3;/q-2;;+2/b;4-3-;. The zero-order chi connectivity index (χ0) is 27.7. The number of hydrogen-bond acceptors (Lipinski definition) is 5. The molecule has 0 spiro atoms. The molecule has 0 aromatic carbocycles. The van der Waals surface area contributed by atoms with Crippen LogP contribution in [0.1, 0.15) is 89.9 Å². The topological polar surface area (TPSA) is 104 Å². The van der Waals surface area contributed by atoms with Gasteiger partial charge in [0.25, 0.3) is 0 Å². The SMILES string of the molecule is CC(=O)/C=C(/C)O.CC(C)(C[N-]Cc1ccccn1)c1cccc(-c2[n-]nc3c2C2CCC3(C)C2(C)C)n1.[Pt+2]. The van der Waals surface area contributed by atoms with E-state index in [9.17, 15) is 4.79 Å². The molecule has 2 aliphatic rings. The van der Waals surface area contributed by atoms with Crippen LogP contribution in [-0.2, 0) is 43.2 Å². The van der Waals surface area contributed by atoms with Crippen LogP contribution in [-0.4, -0.2) is 32.5 Å². The van der Waals surface area contributed by atoms with Crippen molar-refractivity contribution in [2.24, 2.45) is 5.41 Å². The second kappa shape index (κ2) is 11.9. The van der Waals surface area contributed by atoms with E-state index in [1.165, 1.54) is 44.0 Å². The number of aliphatic hydroxyl groups excluding tert-OH is 1. The van der Waals surface area contributed by atoms with Gasteiger partial charge in [-0.05, 0) is 73.3 Å². The first-order valence-corrected chi connectivity index (χ1v) is 13.3. The van der Waals surface area contributed by atoms with E-state index in [4.69, 9.17) is 15.4 Å². The Labute approximate surface area is 246 Å². The normalized spacial score (nSPS) is 21.0. The van der Waals surface area contributed by atoms with Crippen molar-refractivity contribution < 1.29 is 31.0 Å². The van der Waals surface area contributed by atoms with E-state index in [0.29, 0.717) is 19.0 Å². The molecule has 2 bridgehead atoms. The average Bonchev–Trinajstić information content (AvgIpc) is 3.44. The van der Waals surface area contributed by atoms with Gasteiger partial charge in [-0.25, -0.2) is 0 Å². The third-order valence-electron chi connectivity index (χ3n) is 8.46. The predicted molar refractivity (Wildman–Crippen MR) is 150 cm³/mol. The van der Waals surface area contributed by atoms with Gasteiger partial charge in [0, 0.05) is 40.5 Å². The summed E-state index contributed by atoms with van der Waals surface area (Å²) in [7, 11) is 0. The Kier molecular flexibility index (Phi) is 9.39. The van der Waals surface area contributed by atoms with Gasteiger partial charge in [-0.1, -0.05) is 52.4 Å². The third kappa shape index (κ3) is 6.10. The van der Waals surface area contributed by atoms with Crippen LogP contribution in [0.15, 0.2) is 54.4 Å². The number of rotatable bonds is 7. The van der Waals surface area contributed by atoms with Crippen LogP contribution >= 0.6 is 0 Å². The van der Waals surface area contributed by atoms with Gasteiger partial charge in [0.2, 0.25) is 0 Å². The molecular weight excluding hydrogens is 669 g/mol. The smallest absolute Gasteiger partial charge is 0.656 e. The van der Waals surface area contributed by atoms with Crippen LogP contribution in [0.4, 0.5) is 0 Å². The molecular formula is C31H39N5O2Pt. The van der Waals surface area contributed by atoms with Crippen molar-refractivity contribution in [1.82, 2.24) is 20.2 Å². The van der Waals surface area contributed by atoms with Gasteiger partial charge in [0.05, 0.1) is 5.76 Å². The molecule has 5 rings (SSSR count). The Morgan fingerprint density at radius 3 is 2.54 bits per heavy atom. The van der Waals surface area contributed by atoms with Crippen molar-refractivity contribution in [1.29, 1.82) is 0 Å². The van der Waals surface area contributed by atoms with E-state index in [2.05, 4.69) is 68.0 Å². The summed E-state index contributed by atoms with van der Waals surface area (Å²) in [5.41, 5.74) is 6.70. The third-order valence-corrected chi connectivity index (χ3v) is 8.46. The number of fused-ring (bicyclic) bond motifs is 5. The average molecular weight is 709 g/mol. The molecule has 2 atom stereocenters. The van der Waals surface area contributed by atoms with Crippen molar-refractivity contribution in [2.75, 3.05) is 6.54 Å². The number of aliphatic hydroxyl groups is 1. The maximum atomic E-state index is 10.0. The number of nitrogens with zero attached hydrogens (tertiary/aromatic N) is 5. The van der Waals surface area contributed by atoms with Crippen molar-refractivity contribution in [3.05, 3.63) is 82.4 Å². The minimum Gasteiger partial charge on any atom is -0.656 e. The summed E-state index contributed by atoms with van der Waals surface area (Å²) in [6.07, 6.45) is 5.40. The van der Waals surface area contributed by atoms with Gasteiger partial charge in [0.15, 0.2) is 5.78 Å². The molecule has 0 amide bonds.